The van der Waals surface area contributed by atoms with Gasteiger partial charge in [0.15, 0.2) is 5.13 Å². The van der Waals surface area contributed by atoms with E-state index in [9.17, 15) is 27.2 Å². The number of carbonyl (C=O) groups excluding carboxylic acids is 2. The number of hydrogen-bond donors (Lipinski definition) is 3. The van der Waals surface area contributed by atoms with Crippen molar-refractivity contribution in [3.8, 4) is 5.75 Å². The molecule has 4 N–H and O–H groups in total. The van der Waals surface area contributed by atoms with Crippen LogP contribution in [0.4, 0.5) is 34.2 Å². The third kappa shape index (κ3) is 5.00. The zero-order valence-electron chi connectivity index (χ0n) is 14.7. The van der Waals surface area contributed by atoms with Crippen LogP contribution >= 0.6 is 11.3 Å². The number of hydrogen-bond acceptors (Lipinski definition) is 7. The summed E-state index contributed by atoms with van der Waals surface area (Å²) in [5.41, 5.74) is 4.39. The van der Waals surface area contributed by atoms with Gasteiger partial charge in [-0.15, -0.1) is 0 Å². The van der Waals surface area contributed by atoms with E-state index in [4.69, 9.17) is 5.73 Å². The van der Waals surface area contributed by atoms with Crippen molar-refractivity contribution in [3.05, 3.63) is 58.7 Å². The zero-order chi connectivity index (χ0) is 21.8. The molecular weight excluding hydrogens is 430 g/mol. The van der Waals surface area contributed by atoms with Crippen molar-refractivity contribution in [2.45, 2.75) is 6.61 Å². The Morgan fingerprint density at radius 3 is 2.40 bits per heavy atom. The van der Waals surface area contributed by atoms with Gasteiger partial charge in [-0.3, -0.25) is 9.59 Å². The molecule has 0 spiro atoms. The van der Waals surface area contributed by atoms with Gasteiger partial charge in [0.05, 0.1) is 23.6 Å². The fraction of sp³-hybridized carbons (Fsp3) is 0.0588. The Labute approximate surface area is 169 Å². The lowest BCUT2D eigenvalue weighted by Gasteiger charge is -2.10. The lowest BCUT2D eigenvalue weighted by molar-refractivity contribution is -0.0500. The average Bonchev–Trinajstić information content (AvgIpc) is 3.11. The molecule has 0 aliphatic carbocycles. The predicted octanol–water partition coefficient (Wildman–Crippen LogP) is 3.50. The van der Waals surface area contributed by atoms with Gasteiger partial charge in [-0.1, -0.05) is 11.3 Å². The summed E-state index contributed by atoms with van der Waals surface area (Å²) in [6, 6.07) is 3.49. The van der Waals surface area contributed by atoms with Gasteiger partial charge in [0.1, 0.15) is 28.1 Å². The number of thiazole rings is 1. The monoisotopic (exact) mass is 441 g/mol. The largest absolute Gasteiger partial charge is 0.433 e. The summed E-state index contributed by atoms with van der Waals surface area (Å²) in [6.45, 7) is -3.05. The van der Waals surface area contributed by atoms with Crippen LogP contribution in [-0.2, 0) is 0 Å². The predicted molar refractivity (Wildman–Crippen MR) is 99.7 cm³/mol. The fourth-order valence-electron chi connectivity index (χ4n) is 2.21. The van der Waals surface area contributed by atoms with E-state index in [-0.39, 0.29) is 21.6 Å². The van der Waals surface area contributed by atoms with Gasteiger partial charge < -0.3 is 21.1 Å². The minimum Gasteiger partial charge on any atom is -0.433 e. The smallest absolute Gasteiger partial charge is 0.387 e. The first kappa shape index (κ1) is 21.0. The lowest BCUT2D eigenvalue weighted by atomic mass is 10.1. The normalized spacial score (nSPS) is 10.7. The standard InChI is InChI=1S/C17H11F4N5O3S/c18-9-4-10(19)11(25-15(28)12-6-24-17(22)30-12)3-8(9)14(27)26-13-2-1-7(5-23-13)29-16(20)21/h1-6,16H,(H2,22,24)(H,25,28)(H,23,26,27). The summed E-state index contributed by atoms with van der Waals surface area (Å²) in [5.74, 6) is -4.41. The van der Waals surface area contributed by atoms with Crippen LogP contribution in [-0.4, -0.2) is 28.4 Å². The van der Waals surface area contributed by atoms with E-state index in [2.05, 4.69) is 25.3 Å². The van der Waals surface area contributed by atoms with Crippen LogP contribution in [0.1, 0.15) is 20.0 Å². The van der Waals surface area contributed by atoms with E-state index in [0.717, 1.165) is 35.7 Å². The zero-order valence-corrected chi connectivity index (χ0v) is 15.5. The maximum absolute atomic E-state index is 14.1. The number of ether oxygens (including phenoxy) is 1. The first-order chi connectivity index (χ1) is 14.2. The molecule has 8 nitrogen and oxygen atoms in total. The molecule has 0 aliphatic heterocycles. The quantitative estimate of drug-likeness (QED) is 0.504. The summed E-state index contributed by atoms with van der Waals surface area (Å²) in [4.78, 5) is 31.9. The number of carbonyl (C=O) groups is 2. The molecule has 0 fully saturated rings. The van der Waals surface area contributed by atoms with Crippen LogP contribution in [0.25, 0.3) is 0 Å². The number of nitrogen functional groups attached to an aromatic ring is 1. The number of anilines is 3. The molecule has 156 valence electrons. The van der Waals surface area contributed by atoms with Crippen molar-refractivity contribution in [2.75, 3.05) is 16.4 Å². The molecule has 1 aromatic carbocycles. The summed E-state index contributed by atoms with van der Waals surface area (Å²) in [7, 11) is 0. The van der Waals surface area contributed by atoms with E-state index >= 15 is 0 Å². The molecule has 30 heavy (non-hydrogen) atoms. The number of halogens is 4. The minimum absolute atomic E-state index is 0.0810. The van der Waals surface area contributed by atoms with E-state index in [1.54, 1.807) is 0 Å². The lowest BCUT2D eigenvalue weighted by Crippen LogP contribution is -2.17. The van der Waals surface area contributed by atoms with Gasteiger partial charge in [0, 0.05) is 6.07 Å². The number of benzene rings is 1. The Balaban J connectivity index is 1.77. The third-order valence-corrected chi connectivity index (χ3v) is 4.33. The Bertz CT molecular complexity index is 1090. The molecule has 2 heterocycles. The molecule has 0 saturated carbocycles. The molecular formula is C17H11F4N5O3S. The maximum atomic E-state index is 14.1. The molecule has 0 bridgehead atoms. The maximum Gasteiger partial charge on any atom is 0.387 e. The van der Waals surface area contributed by atoms with E-state index < -0.39 is 41.3 Å². The van der Waals surface area contributed by atoms with Crippen LogP contribution in [0.15, 0.2) is 36.7 Å². The van der Waals surface area contributed by atoms with Gasteiger partial charge in [-0.25, -0.2) is 18.7 Å². The van der Waals surface area contributed by atoms with Crippen LogP contribution in [0.2, 0.25) is 0 Å². The first-order valence-electron chi connectivity index (χ1n) is 7.97. The topological polar surface area (TPSA) is 119 Å². The van der Waals surface area contributed by atoms with E-state index in [1.807, 2.05) is 0 Å². The molecule has 3 aromatic rings. The molecule has 0 radical (unpaired) electrons. The average molecular weight is 441 g/mol. The van der Waals surface area contributed by atoms with Crippen molar-refractivity contribution in [3.63, 3.8) is 0 Å². The van der Waals surface area contributed by atoms with Gasteiger partial charge in [-0.05, 0) is 18.2 Å². The van der Waals surface area contributed by atoms with Crippen LogP contribution in [0.3, 0.4) is 0 Å². The third-order valence-electron chi connectivity index (χ3n) is 3.50. The second-order valence-corrected chi connectivity index (χ2v) is 6.60. The number of aromatic nitrogens is 2. The molecule has 0 unspecified atom stereocenters. The SMILES string of the molecule is Nc1ncc(C(=O)Nc2cc(C(=O)Nc3ccc(OC(F)F)cn3)c(F)cc2F)s1. The van der Waals surface area contributed by atoms with Crippen LogP contribution in [0, 0.1) is 11.6 Å². The Morgan fingerprint density at radius 2 is 1.80 bits per heavy atom. The van der Waals surface area contributed by atoms with Crippen molar-refractivity contribution < 1.29 is 31.9 Å². The summed E-state index contributed by atoms with van der Waals surface area (Å²) >= 11 is 0.854. The van der Waals surface area contributed by atoms with Crippen molar-refractivity contribution in [1.29, 1.82) is 0 Å². The minimum atomic E-state index is -3.05. The van der Waals surface area contributed by atoms with E-state index in [0.29, 0.717) is 6.07 Å². The molecule has 2 amide bonds. The first-order valence-corrected chi connectivity index (χ1v) is 8.78. The molecule has 0 atom stereocenters. The number of nitrogens with zero attached hydrogens (tertiary/aromatic N) is 2. The highest BCUT2D eigenvalue weighted by Crippen LogP contribution is 2.23. The molecule has 0 aliphatic rings. The number of amides is 2. The second-order valence-electron chi connectivity index (χ2n) is 5.54. The summed E-state index contributed by atoms with van der Waals surface area (Å²) in [6.07, 6.45) is 2.10. The van der Waals surface area contributed by atoms with Crippen molar-refractivity contribution >= 4 is 39.8 Å². The second kappa shape index (κ2) is 8.73. The molecule has 2 aromatic heterocycles. The van der Waals surface area contributed by atoms with Gasteiger partial charge >= 0.3 is 6.61 Å². The Kier molecular flexibility index (Phi) is 6.11. The Hall–Kier alpha value is -3.74. The van der Waals surface area contributed by atoms with Crippen molar-refractivity contribution in [2.24, 2.45) is 0 Å². The number of pyridine rings is 1. The molecule has 0 saturated heterocycles. The number of rotatable bonds is 6. The summed E-state index contributed by atoms with van der Waals surface area (Å²) < 4.78 is 56.5. The van der Waals surface area contributed by atoms with E-state index in [1.165, 1.54) is 6.20 Å². The van der Waals surface area contributed by atoms with Gasteiger partial charge in [0.25, 0.3) is 11.8 Å². The molecule has 13 heteroatoms. The van der Waals surface area contributed by atoms with Gasteiger partial charge in [-0.2, -0.15) is 8.78 Å². The van der Waals surface area contributed by atoms with Crippen LogP contribution in [0.5, 0.6) is 5.75 Å². The fourth-order valence-corrected chi connectivity index (χ4v) is 2.79. The Morgan fingerprint density at radius 1 is 1.03 bits per heavy atom. The van der Waals surface area contributed by atoms with Crippen LogP contribution < -0.4 is 21.1 Å². The highest BCUT2D eigenvalue weighted by molar-refractivity contribution is 7.17. The highest BCUT2D eigenvalue weighted by atomic mass is 32.1. The number of alkyl halides is 2. The van der Waals surface area contributed by atoms with Crippen molar-refractivity contribution in [1.82, 2.24) is 9.97 Å². The summed E-state index contributed by atoms with van der Waals surface area (Å²) in [5, 5.41) is 4.55. The number of nitrogens with one attached hydrogen (secondary N) is 2. The highest BCUT2D eigenvalue weighted by Gasteiger charge is 2.19. The molecule has 3 rings (SSSR count). The number of nitrogens with two attached hydrogens (primary N) is 1. The van der Waals surface area contributed by atoms with Gasteiger partial charge in [0.2, 0.25) is 0 Å².